The van der Waals surface area contributed by atoms with Crippen LogP contribution >= 0.6 is 11.3 Å². The van der Waals surface area contributed by atoms with E-state index in [0.29, 0.717) is 11.6 Å². The van der Waals surface area contributed by atoms with Crippen LogP contribution in [0.5, 0.6) is 11.5 Å². The fraction of sp³-hybridized carbons (Fsp3) is 0.0952. The molecular formula is C21H18N4O2S. The maximum Gasteiger partial charge on any atom is 0.159 e. The van der Waals surface area contributed by atoms with Gasteiger partial charge < -0.3 is 9.47 Å². The van der Waals surface area contributed by atoms with Gasteiger partial charge in [0.05, 0.1) is 25.8 Å². The first kappa shape index (κ1) is 17.9. The zero-order valence-corrected chi connectivity index (χ0v) is 16.2. The molecular weight excluding hydrogens is 372 g/mol. The first-order chi connectivity index (χ1) is 13.8. The highest BCUT2D eigenvalue weighted by molar-refractivity contribution is 7.17. The highest BCUT2D eigenvalue weighted by Crippen LogP contribution is 2.36. The molecule has 2 aromatic carbocycles. The van der Waals surface area contributed by atoms with Gasteiger partial charge in [0.15, 0.2) is 5.82 Å². The highest BCUT2D eigenvalue weighted by Gasteiger charge is 2.12. The van der Waals surface area contributed by atoms with Crippen molar-refractivity contribution in [1.82, 2.24) is 9.97 Å². The summed E-state index contributed by atoms with van der Waals surface area (Å²) >= 11 is 1.58. The average molecular weight is 390 g/mol. The maximum atomic E-state index is 5.38. The predicted molar refractivity (Wildman–Crippen MR) is 114 cm³/mol. The molecule has 0 amide bonds. The number of hydrazone groups is 1. The summed E-state index contributed by atoms with van der Waals surface area (Å²) in [6.07, 6.45) is 3.22. The standard InChI is InChI=1S/C21H18N4O2S/c1-26-16-8-9-18(27-2)15(10-16)11-24-25-20-19-17(14-6-4-3-5-7-14)12-28-21(19)23-13-22-20/h3-13H,1-2H3,(H,22,23,25). The molecule has 2 heterocycles. The van der Waals surface area contributed by atoms with E-state index in [-0.39, 0.29) is 0 Å². The normalized spacial score (nSPS) is 11.1. The number of methoxy groups -OCH3 is 2. The van der Waals surface area contributed by atoms with E-state index in [1.807, 2.05) is 36.4 Å². The third-order valence-corrected chi connectivity index (χ3v) is 5.15. The molecule has 0 spiro atoms. The van der Waals surface area contributed by atoms with Crippen LogP contribution < -0.4 is 14.9 Å². The fourth-order valence-corrected chi connectivity index (χ4v) is 3.81. The molecule has 0 unspecified atom stereocenters. The Hall–Kier alpha value is -3.45. The van der Waals surface area contributed by atoms with Gasteiger partial charge in [-0.15, -0.1) is 11.3 Å². The van der Waals surface area contributed by atoms with Crippen LogP contribution in [0.1, 0.15) is 5.56 Å². The summed E-state index contributed by atoms with van der Waals surface area (Å²) in [5.74, 6) is 2.10. The van der Waals surface area contributed by atoms with Crippen LogP contribution in [0.3, 0.4) is 0 Å². The van der Waals surface area contributed by atoms with E-state index in [0.717, 1.165) is 32.7 Å². The van der Waals surface area contributed by atoms with Crippen LogP contribution in [-0.4, -0.2) is 30.4 Å². The van der Waals surface area contributed by atoms with E-state index in [1.54, 1.807) is 31.8 Å². The van der Waals surface area contributed by atoms with Crippen molar-refractivity contribution in [3.8, 4) is 22.6 Å². The molecule has 0 atom stereocenters. The summed E-state index contributed by atoms with van der Waals surface area (Å²) in [6.45, 7) is 0. The van der Waals surface area contributed by atoms with Crippen LogP contribution in [-0.2, 0) is 0 Å². The van der Waals surface area contributed by atoms with Crippen molar-refractivity contribution in [3.63, 3.8) is 0 Å². The van der Waals surface area contributed by atoms with Crippen molar-refractivity contribution in [2.24, 2.45) is 5.10 Å². The minimum absolute atomic E-state index is 0.656. The third kappa shape index (κ3) is 3.52. The van der Waals surface area contributed by atoms with E-state index >= 15 is 0 Å². The number of hydrogen-bond donors (Lipinski definition) is 1. The van der Waals surface area contributed by atoms with Gasteiger partial charge in [-0.3, -0.25) is 5.43 Å². The zero-order valence-electron chi connectivity index (χ0n) is 15.4. The lowest BCUT2D eigenvalue weighted by Crippen LogP contribution is -1.97. The second kappa shape index (κ2) is 8.06. The zero-order chi connectivity index (χ0) is 19.3. The number of thiophene rings is 1. The quantitative estimate of drug-likeness (QED) is 0.378. The highest BCUT2D eigenvalue weighted by atomic mass is 32.1. The number of hydrogen-bond acceptors (Lipinski definition) is 7. The Morgan fingerprint density at radius 2 is 1.89 bits per heavy atom. The second-order valence-electron chi connectivity index (χ2n) is 5.90. The first-order valence-corrected chi connectivity index (χ1v) is 9.47. The lowest BCUT2D eigenvalue weighted by Gasteiger charge is -2.07. The van der Waals surface area contributed by atoms with E-state index in [2.05, 4.69) is 38.0 Å². The Morgan fingerprint density at radius 1 is 1.04 bits per heavy atom. The number of ether oxygens (including phenoxy) is 2. The third-order valence-electron chi connectivity index (χ3n) is 4.27. The van der Waals surface area contributed by atoms with E-state index in [9.17, 15) is 0 Å². The SMILES string of the molecule is COc1ccc(OC)c(C=NNc2ncnc3scc(-c4ccccc4)c23)c1. The number of rotatable bonds is 6. The summed E-state index contributed by atoms with van der Waals surface area (Å²) in [7, 11) is 3.25. The van der Waals surface area contributed by atoms with Crippen LogP contribution in [0.25, 0.3) is 21.3 Å². The van der Waals surface area contributed by atoms with Crippen molar-refractivity contribution in [2.45, 2.75) is 0 Å². The molecule has 6 nitrogen and oxygen atoms in total. The van der Waals surface area contributed by atoms with Gasteiger partial charge in [0, 0.05) is 16.5 Å². The van der Waals surface area contributed by atoms with Gasteiger partial charge in [-0.25, -0.2) is 9.97 Å². The Balaban J connectivity index is 1.68. The molecule has 2 aromatic heterocycles. The molecule has 1 N–H and O–H groups in total. The lowest BCUT2D eigenvalue weighted by atomic mass is 10.1. The Morgan fingerprint density at radius 3 is 2.68 bits per heavy atom. The number of nitrogens with zero attached hydrogens (tertiary/aromatic N) is 3. The number of benzene rings is 2. The number of aromatic nitrogens is 2. The summed E-state index contributed by atoms with van der Waals surface area (Å²) in [4.78, 5) is 9.68. The molecule has 0 radical (unpaired) electrons. The molecule has 140 valence electrons. The van der Waals surface area contributed by atoms with Gasteiger partial charge in [-0.2, -0.15) is 5.10 Å². The van der Waals surface area contributed by atoms with Crippen LogP contribution in [0.15, 0.2) is 65.3 Å². The Labute approximate surface area is 166 Å². The molecule has 0 fully saturated rings. The maximum absolute atomic E-state index is 5.38. The van der Waals surface area contributed by atoms with E-state index in [1.165, 1.54) is 6.33 Å². The summed E-state index contributed by atoms with van der Waals surface area (Å²) in [5, 5.41) is 7.41. The van der Waals surface area contributed by atoms with Gasteiger partial charge in [0.2, 0.25) is 0 Å². The van der Waals surface area contributed by atoms with Crippen molar-refractivity contribution in [1.29, 1.82) is 0 Å². The molecule has 7 heteroatoms. The molecule has 0 saturated carbocycles. The van der Waals surface area contributed by atoms with Crippen LogP contribution in [0, 0.1) is 0 Å². The monoisotopic (exact) mass is 390 g/mol. The Bertz CT molecular complexity index is 1130. The summed E-state index contributed by atoms with van der Waals surface area (Å²) < 4.78 is 10.7. The first-order valence-electron chi connectivity index (χ1n) is 8.59. The van der Waals surface area contributed by atoms with Crippen molar-refractivity contribution in [3.05, 3.63) is 65.8 Å². The number of fused-ring (bicyclic) bond motifs is 1. The molecule has 0 aliphatic heterocycles. The molecule has 0 aliphatic rings. The van der Waals surface area contributed by atoms with E-state index < -0.39 is 0 Å². The minimum atomic E-state index is 0.656. The van der Waals surface area contributed by atoms with Crippen molar-refractivity contribution >= 4 is 33.6 Å². The average Bonchev–Trinajstić information content (AvgIpc) is 3.19. The smallest absolute Gasteiger partial charge is 0.159 e. The minimum Gasteiger partial charge on any atom is -0.497 e. The van der Waals surface area contributed by atoms with Gasteiger partial charge in [0.1, 0.15) is 22.7 Å². The predicted octanol–water partition coefficient (Wildman–Crippen LogP) is 4.82. The number of nitrogens with one attached hydrogen (secondary N) is 1. The van der Waals surface area contributed by atoms with Crippen molar-refractivity contribution in [2.75, 3.05) is 19.6 Å². The van der Waals surface area contributed by atoms with Crippen LogP contribution in [0.2, 0.25) is 0 Å². The second-order valence-corrected chi connectivity index (χ2v) is 6.75. The van der Waals surface area contributed by atoms with Gasteiger partial charge in [-0.05, 0) is 23.8 Å². The Kier molecular flexibility index (Phi) is 5.16. The summed E-state index contributed by atoms with van der Waals surface area (Å²) in [6, 6.07) is 15.7. The molecule has 4 rings (SSSR count). The topological polar surface area (TPSA) is 68.6 Å². The van der Waals surface area contributed by atoms with Gasteiger partial charge in [-0.1, -0.05) is 30.3 Å². The van der Waals surface area contributed by atoms with E-state index in [4.69, 9.17) is 9.47 Å². The van der Waals surface area contributed by atoms with Gasteiger partial charge >= 0.3 is 0 Å². The van der Waals surface area contributed by atoms with Gasteiger partial charge in [0.25, 0.3) is 0 Å². The lowest BCUT2D eigenvalue weighted by molar-refractivity contribution is 0.402. The molecule has 0 saturated heterocycles. The van der Waals surface area contributed by atoms with Crippen LogP contribution in [0.4, 0.5) is 5.82 Å². The largest absolute Gasteiger partial charge is 0.497 e. The van der Waals surface area contributed by atoms with Crippen molar-refractivity contribution < 1.29 is 9.47 Å². The molecule has 4 aromatic rings. The number of anilines is 1. The summed E-state index contributed by atoms with van der Waals surface area (Å²) in [5.41, 5.74) is 6.05. The molecule has 0 bridgehead atoms. The molecule has 28 heavy (non-hydrogen) atoms. The molecule has 0 aliphatic carbocycles. The fourth-order valence-electron chi connectivity index (χ4n) is 2.89.